The van der Waals surface area contributed by atoms with Gasteiger partial charge in [0.2, 0.25) is 11.7 Å². The fraction of sp³-hybridized carbons (Fsp3) is 0.0952. The summed E-state index contributed by atoms with van der Waals surface area (Å²) in [6.07, 6.45) is 3.26. The van der Waals surface area contributed by atoms with E-state index in [1.54, 1.807) is 73.6 Å². The van der Waals surface area contributed by atoms with Crippen LogP contribution in [0.15, 0.2) is 60.9 Å². The molecule has 0 atom stereocenters. The summed E-state index contributed by atoms with van der Waals surface area (Å²) in [6.45, 7) is 0. The second-order valence-electron chi connectivity index (χ2n) is 6.05. The normalized spacial score (nSPS) is 10.8. The van der Waals surface area contributed by atoms with Crippen molar-refractivity contribution in [3.63, 3.8) is 0 Å². The lowest BCUT2D eigenvalue weighted by Crippen LogP contribution is -2.11. The number of carbonyl (C=O) groups is 1. The Hall–Kier alpha value is -3.38. The Bertz CT molecular complexity index is 1150. The molecule has 140 valence electrons. The number of halogens is 1. The molecular formula is C21H16ClN3O3. The van der Waals surface area contributed by atoms with Gasteiger partial charge in [0.05, 0.1) is 25.4 Å². The van der Waals surface area contributed by atoms with Crippen molar-refractivity contribution in [3.05, 3.63) is 77.2 Å². The summed E-state index contributed by atoms with van der Waals surface area (Å²) in [5.41, 5.74) is 1.63. The summed E-state index contributed by atoms with van der Waals surface area (Å²) in [5, 5.41) is 1.40. The minimum absolute atomic E-state index is 0.211. The number of carbonyl (C=O) groups excluding carboxylic acids is 1. The number of nitrogens with zero attached hydrogens (tertiary/aromatic N) is 3. The molecule has 0 radical (unpaired) electrons. The highest BCUT2D eigenvalue weighted by atomic mass is 35.5. The van der Waals surface area contributed by atoms with Gasteiger partial charge in [-0.2, -0.15) is 0 Å². The number of ether oxygens (including phenoxy) is 2. The van der Waals surface area contributed by atoms with Crippen molar-refractivity contribution in [1.29, 1.82) is 0 Å². The number of aromatic nitrogens is 3. The Morgan fingerprint density at radius 1 is 0.964 bits per heavy atom. The van der Waals surface area contributed by atoms with Gasteiger partial charge in [-0.25, -0.2) is 9.97 Å². The lowest BCUT2D eigenvalue weighted by Gasteiger charge is -2.10. The minimum Gasteiger partial charge on any atom is -0.497 e. The third kappa shape index (κ3) is 3.18. The van der Waals surface area contributed by atoms with E-state index in [0.717, 1.165) is 10.9 Å². The maximum absolute atomic E-state index is 13.4. The van der Waals surface area contributed by atoms with E-state index in [-0.39, 0.29) is 5.78 Å². The zero-order chi connectivity index (χ0) is 19.7. The molecule has 0 saturated heterocycles. The number of methoxy groups -OCH3 is 2. The minimum atomic E-state index is -0.211. The van der Waals surface area contributed by atoms with Crippen LogP contribution in [0.1, 0.15) is 16.1 Å². The number of fused-ring (bicyclic) bond motifs is 1. The summed E-state index contributed by atoms with van der Waals surface area (Å²) < 4.78 is 12.3. The van der Waals surface area contributed by atoms with Gasteiger partial charge in [0.25, 0.3) is 0 Å². The van der Waals surface area contributed by atoms with Gasteiger partial charge in [-0.05, 0) is 42.5 Å². The van der Waals surface area contributed by atoms with Crippen LogP contribution in [0.4, 0.5) is 0 Å². The number of hydrogen-bond donors (Lipinski definition) is 0. The Balaban J connectivity index is 1.95. The van der Waals surface area contributed by atoms with Gasteiger partial charge >= 0.3 is 0 Å². The molecule has 0 bridgehead atoms. The third-order valence-corrected chi connectivity index (χ3v) is 4.60. The van der Waals surface area contributed by atoms with E-state index in [4.69, 9.17) is 21.1 Å². The maximum atomic E-state index is 13.4. The van der Waals surface area contributed by atoms with Crippen LogP contribution in [0.3, 0.4) is 0 Å². The first kappa shape index (κ1) is 18.0. The summed E-state index contributed by atoms with van der Waals surface area (Å²) in [6, 6.07) is 14.0. The molecule has 4 aromatic rings. The smallest absolute Gasteiger partial charge is 0.234 e. The third-order valence-electron chi connectivity index (χ3n) is 4.36. The first-order chi connectivity index (χ1) is 13.6. The largest absolute Gasteiger partial charge is 0.497 e. The molecule has 7 heteroatoms. The summed E-state index contributed by atoms with van der Waals surface area (Å²) >= 11 is 6.14. The average molecular weight is 394 g/mol. The molecule has 0 aliphatic carbocycles. The first-order valence-electron chi connectivity index (χ1n) is 8.47. The van der Waals surface area contributed by atoms with Crippen LogP contribution in [0.5, 0.6) is 11.5 Å². The molecule has 0 aliphatic heterocycles. The number of rotatable bonds is 5. The highest BCUT2D eigenvalue weighted by Gasteiger charge is 2.21. The number of hydrogen-bond acceptors (Lipinski definition) is 5. The molecule has 2 aromatic carbocycles. The number of ketones is 1. The van der Waals surface area contributed by atoms with Crippen LogP contribution in [0, 0.1) is 0 Å². The van der Waals surface area contributed by atoms with Crippen molar-refractivity contribution >= 4 is 28.3 Å². The van der Waals surface area contributed by atoms with Gasteiger partial charge in [-0.1, -0.05) is 11.6 Å². The molecule has 0 amide bonds. The van der Waals surface area contributed by atoms with Crippen LogP contribution in [0.2, 0.25) is 5.02 Å². The topological polar surface area (TPSA) is 66.2 Å². The van der Waals surface area contributed by atoms with Crippen molar-refractivity contribution in [2.24, 2.45) is 0 Å². The van der Waals surface area contributed by atoms with Gasteiger partial charge in [-0.3, -0.25) is 9.36 Å². The Kier molecular flexibility index (Phi) is 4.71. The van der Waals surface area contributed by atoms with E-state index in [2.05, 4.69) is 9.97 Å². The second kappa shape index (κ2) is 7.32. The monoisotopic (exact) mass is 393 g/mol. The van der Waals surface area contributed by atoms with E-state index in [0.29, 0.717) is 33.7 Å². The fourth-order valence-electron chi connectivity index (χ4n) is 3.06. The molecule has 0 fully saturated rings. The van der Waals surface area contributed by atoms with E-state index in [1.165, 1.54) is 0 Å². The van der Waals surface area contributed by atoms with E-state index >= 15 is 0 Å². The van der Waals surface area contributed by atoms with E-state index in [1.807, 2.05) is 6.07 Å². The SMILES string of the molecule is COc1cc(OC)cc(C(=O)c2cc3cc(Cl)ccc3n2-c2ncccn2)c1. The fourth-order valence-corrected chi connectivity index (χ4v) is 3.24. The Morgan fingerprint density at radius 2 is 1.64 bits per heavy atom. The lowest BCUT2D eigenvalue weighted by molar-refractivity contribution is 0.103. The molecule has 2 heterocycles. The predicted molar refractivity (Wildman–Crippen MR) is 107 cm³/mol. The predicted octanol–water partition coefficient (Wildman–Crippen LogP) is 4.32. The van der Waals surface area contributed by atoms with Crippen molar-refractivity contribution in [1.82, 2.24) is 14.5 Å². The highest BCUT2D eigenvalue weighted by Crippen LogP contribution is 2.29. The van der Waals surface area contributed by atoms with Gasteiger partial charge in [0.15, 0.2) is 0 Å². The van der Waals surface area contributed by atoms with Crippen molar-refractivity contribution in [2.45, 2.75) is 0 Å². The van der Waals surface area contributed by atoms with Crippen LogP contribution in [-0.4, -0.2) is 34.5 Å². The Morgan fingerprint density at radius 3 is 2.29 bits per heavy atom. The van der Waals surface area contributed by atoms with Crippen LogP contribution >= 0.6 is 11.6 Å². The lowest BCUT2D eigenvalue weighted by atomic mass is 10.1. The molecule has 0 saturated carbocycles. The standard InChI is InChI=1S/C21H16ClN3O3/c1-27-16-9-14(10-17(12-16)28-2)20(26)19-11-13-8-15(22)4-5-18(13)25(19)21-23-6-3-7-24-21/h3-12H,1-2H3. The number of benzene rings is 2. The molecule has 2 aromatic heterocycles. The van der Waals surface area contributed by atoms with Crippen molar-refractivity contribution in [2.75, 3.05) is 14.2 Å². The second-order valence-corrected chi connectivity index (χ2v) is 6.48. The highest BCUT2D eigenvalue weighted by molar-refractivity contribution is 6.31. The molecular weight excluding hydrogens is 378 g/mol. The van der Waals surface area contributed by atoms with E-state index in [9.17, 15) is 4.79 Å². The van der Waals surface area contributed by atoms with Crippen molar-refractivity contribution in [3.8, 4) is 17.4 Å². The summed E-state index contributed by atoms with van der Waals surface area (Å²) in [5.74, 6) is 1.25. The average Bonchev–Trinajstić information content (AvgIpc) is 3.11. The first-order valence-corrected chi connectivity index (χ1v) is 8.84. The molecule has 4 rings (SSSR count). The maximum Gasteiger partial charge on any atom is 0.234 e. The molecule has 0 unspecified atom stereocenters. The van der Waals surface area contributed by atoms with Gasteiger partial charge in [-0.15, -0.1) is 0 Å². The quantitative estimate of drug-likeness (QED) is 0.472. The van der Waals surface area contributed by atoms with Crippen LogP contribution in [-0.2, 0) is 0 Å². The zero-order valence-electron chi connectivity index (χ0n) is 15.2. The van der Waals surface area contributed by atoms with Gasteiger partial charge < -0.3 is 9.47 Å². The molecule has 6 nitrogen and oxygen atoms in total. The zero-order valence-corrected chi connectivity index (χ0v) is 16.0. The Labute approximate surface area is 166 Å². The molecule has 28 heavy (non-hydrogen) atoms. The van der Waals surface area contributed by atoms with Crippen molar-refractivity contribution < 1.29 is 14.3 Å². The van der Waals surface area contributed by atoms with E-state index < -0.39 is 0 Å². The van der Waals surface area contributed by atoms with Gasteiger partial charge in [0, 0.05) is 34.4 Å². The van der Waals surface area contributed by atoms with Crippen LogP contribution in [0.25, 0.3) is 16.9 Å². The molecule has 0 N–H and O–H groups in total. The van der Waals surface area contributed by atoms with Gasteiger partial charge in [0.1, 0.15) is 11.5 Å². The van der Waals surface area contributed by atoms with Crippen LogP contribution < -0.4 is 9.47 Å². The summed E-state index contributed by atoms with van der Waals surface area (Å²) in [7, 11) is 3.08. The molecule has 0 aliphatic rings. The summed E-state index contributed by atoms with van der Waals surface area (Å²) in [4.78, 5) is 22.0. The molecule has 0 spiro atoms.